The molecule has 6 heteroatoms. The first-order chi connectivity index (χ1) is 12.1. The molecule has 0 radical (unpaired) electrons. The second-order valence-electron chi connectivity index (χ2n) is 5.71. The number of carboxylic acids is 1. The van der Waals surface area contributed by atoms with Crippen LogP contribution in [0.15, 0.2) is 48.8 Å². The number of hydrogen-bond donors (Lipinski definition) is 2. The molecule has 0 bridgehead atoms. The summed E-state index contributed by atoms with van der Waals surface area (Å²) in [5.41, 5.74) is 2.46. The van der Waals surface area contributed by atoms with Crippen LogP contribution < -0.4 is 5.32 Å². The van der Waals surface area contributed by atoms with Crippen molar-refractivity contribution in [1.29, 1.82) is 0 Å². The van der Waals surface area contributed by atoms with Crippen LogP contribution in [-0.2, 0) is 24.3 Å². The average molecular weight is 337 g/mol. The Morgan fingerprint density at radius 3 is 2.68 bits per heavy atom. The molecule has 128 valence electrons. The Labute approximate surface area is 145 Å². The van der Waals surface area contributed by atoms with Gasteiger partial charge in [0.2, 0.25) is 5.91 Å². The summed E-state index contributed by atoms with van der Waals surface area (Å²) in [5.74, 6) is -1.24. The number of nitrogens with zero attached hydrogens (tertiary/aromatic N) is 2. The van der Waals surface area contributed by atoms with Gasteiger partial charge in [0, 0.05) is 41.9 Å². The highest BCUT2D eigenvalue weighted by Crippen LogP contribution is 2.27. The van der Waals surface area contributed by atoms with Gasteiger partial charge in [0.25, 0.3) is 0 Å². The first-order valence-electron chi connectivity index (χ1n) is 8.10. The zero-order chi connectivity index (χ0) is 17.8. The molecule has 0 aliphatic heterocycles. The zero-order valence-corrected chi connectivity index (χ0v) is 13.9. The molecule has 25 heavy (non-hydrogen) atoms. The fraction of sp³-hybridized carbons (Fsp3) is 0.211. The van der Waals surface area contributed by atoms with Crippen LogP contribution >= 0.6 is 0 Å². The third-order valence-corrected chi connectivity index (χ3v) is 4.14. The van der Waals surface area contributed by atoms with Crippen molar-refractivity contribution in [2.24, 2.45) is 0 Å². The molecule has 0 fully saturated rings. The summed E-state index contributed by atoms with van der Waals surface area (Å²) in [7, 11) is 0. The smallest absolute Gasteiger partial charge is 0.352 e. The Hall–Kier alpha value is -3.15. The SMILES string of the molecule is CCn1c(C(=O)O)c(CC(=O)NCc2cccnc2)c2ccccc21. The summed E-state index contributed by atoms with van der Waals surface area (Å²) < 4.78 is 1.74. The van der Waals surface area contributed by atoms with Crippen molar-refractivity contribution in [3.63, 3.8) is 0 Å². The molecule has 1 aromatic carbocycles. The molecule has 0 spiro atoms. The van der Waals surface area contributed by atoms with E-state index in [0.29, 0.717) is 18.7 Å². The van der Waals surface area contributed by atoms with Crippen LogP contribution in [0.3, 0.4) is 0 Å². The van der Waals surface area contributed by atoms with Crippen LogP contribution in [-0.4, -0.2) is 26.5 Å². The minimum absolute atomic E-state index is 0.0232. The molecule has 0 saturated heterocycles. The largest absolute Gasteiger partial charge is 0.477 e. The predicted molar refractivity (Wildman–Crippen MR) is 94.4 cm³/mol. The highest BCUT2D eigenvalue weighted by atomic mass is 16.4. The van der Waals surface area contributed by atoms with E-state index in [1.807, 2.05) is 37.3 Å². The number of para-hydroxylation sites is 1. The third kappa shape index (κ3) is 3.38. The molecule has 2 aromatic heterocycles. The second-order valence-corrected chi connectivity index (χ2v) is 5.71. The monoisotopic (exact) mass is 337 g/mol. The Morgan fingerprint density at radius 1 is 1.20 bits per heavy atom. The molecule has 2 heterocycles. The number of carbonyl (C=O) groups is 2. The summed E-state index contributed by atoms with van der Waals surface area (Å²) in [6.07, 6.45) is 3.38. The van der Waals surface area contributed by atoms with Gasteiger partial charge in [-0.3, -0.25) is 9.78 Å². The molecule has 6 nitrogen and oxygen atoms in total. The lowest BCUT2D eigenvalue weighted by atomic mass is 10.1. The van der Waals surface area contributed by atoms with E-state index in [-0.39, 0.29) is 18.0 Å². The molecule has 0 aliphatic rings. The quantitative estimate of drug-likeness (QED) is 0.724. The fourth-order valence-corrected chi connectivity index (χ4v) is 3.05. The standard InChI is InChI=1S/C19H19N3O3/c1-2-22-16-8-4-3-7-14(16)15(18(22)19(24)25)10-17(23)21-12-13-6-5-9-20-11-13/h3-9,11H,2,10,12H2,1H3,(H,21,23)(H,24,25). The van der Waals surface area contributed by atoms with E-state index in [2.05, 4.69) is 10.3 Å². The van der Waals surface area contributed by atoms with Crippen LogP contribution in [0.2, 0.25) is 0 Å². The first-order valence-corrected chi connectivity index (χ1v) is 8.10. The minimum atomic E-state index is -1.02. The summed E-state index contributed by atoms with van der Waals surface area (Å²) in [4.78, 5) is 28.1. The van der Waals surface area contributed by atoms with Gasteiger partial charge in [-0.1, -0.05) is 24.3 Å². The number of fused-ring (bicyclic) bond motifs is 1. The molecule has 1 amide bonds. The number of carboxylic acid groups (broad SMARTS) is 1. The molecular weight excluding hydrogens is 318 g/mol. The van der Waals surface area contributed by atoms with Crippen molar-refractivity contribution in [3.05, 3.63) is 65.6 Å². The number of carbonyl (C=O) groups excluding carboxylic acids is 1. The van der Waals surface area contributed by atoms with Crippen LogP contribution in [0.5, 0.6) is 0 Å². The Kier molecular flexibility index (Phi) is 4.79. The highest BCUT2D eigenvalue weighted by molar-refractivity contribution is 6.00. The van der Waals surface area contributed by atoms with Crippen LogP contribution in [0, 0.1) is 0 Å². The number of nitrogens with one attached hydrogen (secondary N) is 1. The van der Waals surface area contributed by atoms with E-state index in [0.717, 1.165) is 16.5 Å². The Balaban J connectivity index is 1.88. The molecule has 0 unspecified atom stereocenters. The normalized spacial score (nSPS) is 10.8. The fourth-order valence-electron chi connectivity index (χ4n) is 3.05. The molecule has 0 aliphatic carbocycles. The minimum Gasteiger partial charge on any atom is -0.477 e. The first kappa shape index (κ1) is 16.7. The predicted octanol–water partition coefficient (Wildman–Crippen LogP) is 2.61. The number of hydrogen-bond acceptors (Lipinski definition) is 3. The molecule has 0 atom stereocenters. The van der Waals surface area contributed by atoms with E-state index < -0.39 is 5.97 Å². The summed E-state index contributed by atoms with van der Waals surface area (Å²) in [5, 5.41) is 13.3. The third-order valence-electron chi connectivity index (χ3n) is 4.14. The zero-order valence-electron chi connectivity index (χ0n) is 13.9. The van der Waals surface area contributed by atoms with Crippen LogP contribution in [0.4, 0.5) is 0 Å². The van der Waals surface area contributed by atoms with Crippen molar-refractivity contribution < 1.29 is 14.7 Å². The van der Waals surface area contributed by atoms with Crippen molar-refractivity contribution >= 4 is 22.8 Å². The lowest BCUT2D eigenvalue weighted by Gasteiger charge is -2.07. The average Bonchev–Trinajstić information content (AvgIpc) is 2.95. The van der Waals surface area contributed by atoms with Gasteiger partial charge >= 0.3 is 5.97 Å². The lowest BCUT2D eigenvalue weighted by molar-refractivity contribution is -0.120. The van der Waals surface area contributed by atoms with Crippen molar-refractivity contribution in [1.82, 2.24) is 14.9 Å². The maximum Gasteiger partial charge on any atom is 0.352 e. The number of benzene rings is 1. The molecular formula is C19H19N3O3. The van der Waals surface area contributed by atoms with Crippen molar-refractivity contribution in [2.75, 3.05) is 0 Å². The summed E-state index contributed by atoms with van der Waals surface area (Å²) >= 11 is 0. The lowest BCUT2D eigenvalue weighted by Crippen LogP contribution is -2.25. The van der Waals surface area contributed by atoms with Gasteiger partial charge in [0.15, 0.2) is 0 Å². The molecule has 3 rings (SSSR count). The van der Waals surface area contributed by atoms with E-state index in [4.69, 9.17) is 0 Å². The van der Waals surface area contributed by atoms with Gasteiger partial charge in [-0.25, -0.2) is 4.79 Å². The Bertz CT molecular complexity index is 916. The Morgan fingerprint density at radius 2 is 2.00 bits per heavy atom. The van der Waals surface area contributed by atoms with Gasteiger partial charge in [-0.15, -0.1) is 0 Å². The van der Waals surface area contributed by atoms with Crippen LogP contribution in [0.25, 0.3) is 10.9 Å². The maximum atomic E-state index is 12.4. The number of rotatable bonds is 6. The van der Waals surface area contributed by atoms with Gasteiger partial charge in [0.05, 0.1) is 6.42 Å². The number of aryl methyl sites for hydroxylation is 1. The molecule has 0 saturated carbocycles. The van der Waals surface area contributed by atoms with E-state index in [1.54, 1.807) is 23.0 Å². The van der Waals surface area contributed by atoms with Crippen molar-refractivity contribution in [3.8, 4) is 0 Å². The number of amides is 1. The van der Waals surface area contributed by atoms with Gasteiger partial charge in [-0.2, -0.15) is 0 Å². The van der Waals surface area contributed by atoms with E-state index >= 15 is 0 Å². The maximum absolute atomic E-state index is 12.4. The van der Waals surface area contributed by atoms with Gasteiger partial charge in [-0.05, 0) is 24.6 Å². The summed E-state index contributed by atoms with van der Waals surface area (Å²) in [6.45, 7) is 2.78. The topological polar surface area (TPSA) is 84.2 Å². The molecule has 3 aromatic rings. The highest BCUT2D eigenvalue weighted by Gasteiger charge is 2.23. The summed E-state index contributed by atoms with van der Waals surface area (Å²) in [6, 6.07) is 11.1. The number of pyridine rings is 1. The molecule has 2 N–H and O–H groups in total. The van der Waals surface area contributed by atoms with Crippen LogP contribution in [0.1, 0.15) is 28.5 Å². The van der Waals surface area contributed by atoms with Gasteiger partial charge in [0.1, 0.15) is 5.69 Å². The second kappa shape index (κ2) is 7.17. The number of aromatic nitrogens is 2. The van der Waals surface area contributed by atoms with E-state index in [1.165, 1.54) is 0 Å². The van der Waals surface area contributed by atoms with E-state index in [9.17, 15) is 14.7 Å². The van der Waals surface area contributed by atoms with Gasteiger partial charge < -0.3 is 15.0 Å². The number of aromatic carboxylic acids is 1. The van der Waals surface area contributed by atoms with Crippen molar-refractivity contribution in [2.45, 2.75) is 26.4 Å².